The summed E-state index contributed by atoms with van der Waals surface area (Å²) in [5, 5.41) is 11.0. The van der Waals surface area contributed by atoms with Crippen molar-refractivity contribution in [2.75, 3.05) is 6.61 Å². The summed E-state index contributed by atoms with van der Waals surface area (Å²) >= 11 is 12.0. The van der Waals surface area contributed by atoms with Crippen LogP contribution in [0.15, 0.2) is 47.5 Å². The Labute approximate surface area is 158 Å². The lowest BCUT2D eigenvalue weighted by molar-refractivity contribution is 0.0189. The van der Waals surface area contributed by atoms with E-state index < -0.39 is 6.10 Å². The van der Waals surface area contributed by atoms with Crippen LogP contribution in [0.4, 0.5) is 4.39 Å². The number of nitrogens with zero attached hydrogens (tertiary/aromatic N) is 2. The number of fused-ring (bicyclic) bond motifs is 1. The second kappa shape index (κ2) is 8.14. The minimum atomic E-state index is -0.964. The van der Waals surface area contributed by atoms with Gasteiger partial charge in [-0.1, -0.05) is 41.4 Å². The summed E-state index contributed by atoms with van der Waals surface area (Å²) in [6.07, 6.45) is 0.346. The van der Waals surface area contributed by atoms with Crippen molar-refractivity contribution < 1.29 is 14.2 Å². The number of aromatic nitrogens is 2. The number of hydrogen-bond acceptors (Lipinski definition) is 4. The molecule has 1 aromatic heterocycles. The molecule has 0 radical (unpaired) electrons. The van der Waals surface area contributed by atoms with Crippen molar-refractivity contribution in [1.82, 2.24) is 9.55 Å². The van der Waals surface area contributed by atoms with Crippen LogP contribution >= 0.6 is 23.2 Å². The van der Waals surface area contributed by atoms with E-state index >= 15 is 0 Å². The molecule has 5 nitrogen and oxygen atoms in total. The van der Waals surface area contributed by atoms with E-state index in [1.807, 2.05) is 0 Å². The lowest BCUT2D eigenvalue weighted by Crippen LogP contribution is -2.29. The Morgan fingerprint density at radius 3 is 2.81 bits per heavy atom. The molecule has 0 bridgehead atoms. The fraction of sp³-hybridized carbons (Fsp3) is 0.222. The second-order valence-electron chi connectivity index (χ2n) is 5.75. The maximum absolute atomic E-state index is 13.5. The zero-order valence-corrected chi connectivity index (χ0v) is 15.0. The molecule has 1 unspecified atom stereocenters. The molecule has 136 valence electrons. The highest BCUT2D eigenvalue weighted by atomic mass is 35.5. The van der Waals surface area contributed by atoms with Crippen LogP contribution in [0, 0.1) is 5.82 Å². The first kappa shape index (κ1) is 18.8. The number of benzene rings is 2. The summed E-state index contributed by atoms with van der Waals surface area (Å²) in [6, 6.07) is 9.22. The van der Waals surface area contributed by atoms with Crippen molar-refractivity contribution in [2.45, 2.75) is 19.3 Å². The van der Waals surface area contributed by atoms with E-state index in [9.17, 15) is 14.3 Å². The average Bonchev–Trinajstić information content (AvgIpc) is 2.59. The summed E-state index contributed by atoms with van der Waals surface area (Å²) in [7, 11) is 0. The molecule has 0 saturated heterocycles. The van der Waals surface area contributed by atoms with Gasteiger partial charge in [-0.05, 0) is 18.2 Å². The molecular weight excluding hydrogens is 382 g/mol. The molecule has 1 atom stereocenters. The molecule has 2 aromatic carbocycles. The third-order valence-corrected chi connectivity index (χ3v) is 4.29. The highest BCUT2D eigenvalue weighted by Gasteiger charge is 2.12. The molecule has 0 fully saturated rings. The summed E-state index contributed by atoms with van der Waals surface area (Å²) in [6.45, 7) is -0.0574. The molecule has 0 saturated carbocycles. The minimum absolute atomic E-state index is 0.0246. The third-order valence-electron chi connectivity index (χ3n) is 3.78. The number of aliphatic hydroxyl groups is 1. The molecule has 0 spiro atoms. The van der Waals surface area contributed by atoms with Gasteiger partial charge in [-0.2, -0.15) is 0 Å². The summed E-state index contributed by atoms with van der Waals surface area (Å²) in [5.74, 6) is -0.370. The lowest BCUT2D eigenvalue weighted by atomic mass is 10.2. The quantitative estimate of drug-likeness (QED) is 0.693. The van der Waals surface area contributed by atoms with E-state index in [1.54, 1.807) is 18.2 Å². The third kappa shape index (κ3) is 4.22. The first-order chi connectivity index (χ1) is 12.5. The molecule has 3 rings (SSSR count). The number of ether oxygens (including phenoxy) is 1. The zero-order valence-electron chi connectivity index (χ0n) is 13.5. The van der Waals surface area contributed by atoms with E-state index in [4.69, 9.17) is 27.9 Å². The maximum Gasteiger partial charge on any atom is 0.261 e. The Morgan fingerprint density at radius 2 is 2.04 bits per heavy atom. The van der Waals surface area contributed by atoms with Gasteiger partial charge >= 0.3 is 0 Å². The van der Waals surface area contributed by atoms with Gasteiger partial charge in [0.05, 0.1) is 48.1 Å². The van der Waals surface area contributed by atoms with Gasteiger partial charge in [-0.15, -0.1) is 0 Å². The predicted molar refractivity (Wildman–Crippen MR) is 98.1 cm³/mol. The molecular formula is C18H15Cl2FN2O3. The Hall–Kier alpha value is -1.99. The number of hydrogen-bond donors (Lipinski definition) is 1. The molecule has 26 heavy (non-hydrogen) atoms. The standard InChI is InChI=1S/C18H15Cl2FN2O3/c19-12-5-14-17(15(20)6-12)22-10-23(18(14)25)7-13(24)9-26-8-11-3-1-2-4-16(11)21/h1-6,10,13,24H,7-9H2. The maximum atomic E-state index is 13.5. The zero-order chi connectivity index (χ0) is 18.7. The molecule has 1 heterocycles. The van der Waals surface area contributed by atoms with Crippen molar-refractivity contribution in [3.8, 4) is 0 Å². The van der Waals surface area contributed by atoms with Gasteiger partial charge in [0.2, 0.25) is 0 Å². The molecule has 0 aliphatic carbocycles. The Bertz CT molecular complexity index is 994. The van der Waals surface area contributed by atoms with Crippen LogP contribution in [-0.4, -0.2) is 27.4 Å². The van der Waals surface area contributed by atoms with Crippen LogP contribution in [0.3, 0.4) is 0 Å². The Morgan fingerprint density at radius 1 is 1.27 bits per heavy atom. The summed E-state index contributed by atoms with van der Waals surface area (Å²) in [5.41, 5.74) is 0.378. The molecule has 3 aromatic rings. The second-order valence-corrected chi connectivity index (χ2v) is 6.59. The van der Waals surface area contributed by atoms with Gasteiger partial charge in [-0.3, -0.25) is 9.36 Å². The molecule has 0 amide bonds. The average molecular weight is 397 g/mol. The van der Waals surface area contributed by atoms with E-state index in [2.05, 4.69) is 4.98 Å². The fourth-order valence-corrected chi connectivity index (χ4v) is 3.07. The monoisotopic (exact) mass is 396 g/mol. The highest BCUT2D eigenvalue weighted by Crippen LogP contribution is 2.23. The number of halogens is 3. The van der Waals surface area contributed by atoms with Gasteiger partial charge in [0.25, 0.3) is 5.56 Å². The van der Waals surface area contributed by atoms with E-state index in [0.717, 1.165) is 0 Å². The lowest BCUT2D eigenvalue weighted by Gasteiger charge is -2.14. The van der Waals surface area contributed by atoms with Crippen LogP contribution in [0.2, 0.25) is 10.0 Å². The first-order valence-electron chi connectivity index (χ1n) is 7.79. The SMILES string of the molecule is O=c1c2cc(Cl)cc(Cl)c2ncn1CC(O)COCc1ccccc1F. The van der Waals surface area contributed by atoms with E-state index in [-0.39, 0.29) is 41.5 Å². The first-order valence-corrected chi connectivity index (χ1v) is 8.54. The summed E-state index contributed by atoms with van der Waals surface area (Å²) in [4.78, 5) is 16.7. The largest absolute Gasteiger partial charge is 0.389 e. The number of rotatable bonds is 6. The van der Waals surface area contributed by atoms with Gasteiger partial charge in [0, 0.05) is 10.6 Å². The Kier molecular flexibility index (Phi) is 5.88. The Balaban J connectivity index is 1.68. The predicted octanol–water partition coefficient (Wildman–Crippen LogP) is 3.42. The van der Waals surface area contributed by atoms with Crippen LogP contribution in [0.5, 0.6) is 0 Å². The molecule has 0 aliphatic heterocycles. The minimum Gasteiger partial charge on any atom is -0.389 e. The highest BCUT2D eigenvalue weighted by molar-refractivity contribution is 6.38. The smallest absolute Gasteiger partial charge is 0.261 e. The topological polar surface area (TPSA) is 64.4 Å². The van der Waals surface area contributed by atoms with Crippen molar-refractivity contribution >= 4 is 34.1 Å². The van der Waals surface area contributed by atoms with Crippen LogP contribution in [0.1, 0.15) is 5.56 Å². The van der Waals surface area contributed by atoms with Gasteiger partial charge in [-0.25, -0.2) is 9.37 Å². The van der Waals surface area contributed by atoms with Gasteiger partial charge in [0.15, 0.2) is 0 Å². The summed E-state index contributed by atoms with van der Waals surface area (Å²) < 4.78 is 20.1. The van der Waals surface area contributed by atoms with Crippen molar-refractivity contribution in [3.05, 3.63) is 74.5 Å². The van der Waals surface area contributed by atoms with Crippen molar-refractivity contribution in [1.29, 1.82) is 0 Å². The van der Waals surface area contributed by atoms with E-state index in [0.29, 0.717) is 16.1 Å². The fourth-order valence-electron chi connectivity index (χ4n) is 2.52. The normalized spacial score (nSPS) is 12.5. The van der Waals surface area contributed by atoms with Crippen LogP contribution < -0.4 is 5.56 Å². The molecule has 0 aliphatic rings. The van der Waals surface area contributed by atoms with Gasteiger partial charge < -0.3 is 9.84 Å². The van der Waals surface area contributed by atoms with E-state index in [1.165, 1.54) is 29.1 Å². The van der Waals surface area contributed by atoms with Crippen molar-refractivity contribution in [3.63, 3.8) is 0 Å². The molecule has 8 heteroatoms. The van der Waals surface area contributed by atoms with Crippen LogP contribution in [0.25, 0.3) is 10.9 Å². The molecule has 1 N–H and O–H groups in total. The van der Waals surface area contributed by atoms with Crippen molar-refractivity contribution in [2.24, 2.45) is 0 Å². The number of aliphatic hydroxyl groups excluding tert-OH is 1. The van der Waals surface area contributed by atoms with Crippen LogP contribution in [-0.2, 0) is 17.9 Å². The van der Waals surface area contributed by atoms with Gasteiger partial charge in [0.1, 0.15) is 5.82 Å².